The van der Waals surface area contributed by atoms with E-state index in [1.807, 2.05) is 72.8 Å². The molecule has 0 saturated carbocycles. The third-order valence-electron chi connectivity index (χ3n) is 7.21. The zero-order valence-corrected chi connectivity index (χ0v) is 23.4. The van der Waals surface area contributed by atoms with E-state index in [2.05, 4.69) is 10.6 Å². The molecule has 1 aliphatic rings. The van der Waals surface area contributed by atoms with E-state index in [0.717, 1.165) is 16.7 Å². The fraction of sp³-hybridized carbons (Fsp3) is 0.323. The minimum Gasteiger partial charge on any atom is -0.493 e. The normalized spacial score (nSPS) is 19.8. The minimum atomic E-state index is -1.27. The Hall–Kier alpha value is -4.49. The summed E-state index contributed by atoms with van der Waals surface area (Å²) in [5.74, 6) is 0.185. The molecule has 2 amide bonds. The maximum absolute atomic E-state index is 11.9. The number of anilines is 1. The summed E-state index contributed by atoms with van der Waals surface area (Å²) in [4.78, 5) is 27.5. The Morgan fingerprint density at radius 1 is 1.02 bits per heavy atom. The first-order chi connectivity index (χ1) is 20.9. The lowest BCUT2D eigenvalue weighted by Gasteiger charge is -2.20. The van der Waals surface area contributed by atoms with E-state index in [1.165, 1.54) is 0 Å². The van der Waals surface area contributed by atoms with Gasteiger partial charge >= 0.3 is 0 Å². The zero-order chi connectivity index (χ0) is 30.3. The van der Waals surface area contributed by atoms with Gasteiger partial charge in [0.1, 0.15) is 24.1 Å². The van der Waals surface area contributed by atoms with Gasteiger partial charge in [-0.05, 0) is 35.7 Å². The topological polar surface area (TPSA) is 181 Å². The van der Waals surface area contributed by atoms with Crippen LogP contribution in [0.5, 0.6) is 5.75 Å². The number of imidazole rings is 1. The molecule has 1 aliphatic heterocycles. The van der Waals surface area contributed by atoms with E-state index < -0.39 is 37.1 Å². The van der Waals surface area contributed by atoms with Crippen molar-refractivity contribution in [1.29, 1.82) is 0 Å². The summed E-state index contributed by atoms with van der Waals surface area (Å²) in [5, 5.41) is 36.5. The maximum Gasteiger partial charge on any atom is 0.236 e. The predicted octanol–water partition coefficient (Wildman–Crippen LogP) is 1.69. The van der Waals surface area contributed by atoms with Gasteiger partial charge < -0.3 is 41.2 Å². The second-order valence-corrected chi connectivity index (χ2v) is 10.3. The van der Waals surface area contributed by atoms with Crippen LogP contribution in [0.15, 0.2) is 72.8 Å². The minimum absolute atomic E-state index is 0.187. The molecule has 1 saturated heterocycles. The summed E-state index contributed by atoms with van der Waals surface area (Å²) in [6, 6.07) is 23.0. The second-order valence-electron chi connectivity index (χ2n) is 10.3. The largest absolute Gasteiger partial charge is 0.493 e. The molecule has 226 valence electrons. The van der Waals surface area contributed by atoms with Crippen LogP contribution < -0.4 is 21.1 Å². The van der Waals surface area contributed by atoms with Crippen molar-refractivity contribution < 1.29 is 34.4 Å². The predicted molar refractivity (Wildman–Crippen MR) is 159 cm³/mol. The van der Waals surface area contributed by atoms with Gasteiger partial charge in [0.25, 0.3) is 0 Å². The highest BCUT2D eigenvalue weighted by Crippen LogP contribution is 2.36. The number of ether oxygens (including phenoxy) is 2. The van der Waals surface area contributed by atoms with Crippen molar-refractivity contribution in [2.24, 2.45) is 5.73 Å². The summed E-state index contributed by atoms with van der Waals surface area (Å²) in [6.45, 7) is -0.00530. The number of primary amides is 1. The number of carbonyl (C=O) groups is 2. The first-order valence-electron chi connectivity index (χ1n) is 14.0. The van der Waals surface area contributed by atoms with Crippen molar-refractivity contribution in [2.75, 3.05) is 25.1 Å². The first-order valence-corrected chi connectivity index (χ1v) is 14.0. The quantitative estimate of drug-likeness (QED) is 0.126. The van der Waals surface area contributed by atoms with Gasteiger partial charge in [-0.25, -0.2) is 4.98 Å². The van der Waals surface area contributed by atoms with Gasteiger partial charge in [0.2, 0.25) is 17.8 Å². The Morgan fingerprint density at radius 2 is 1.79 bits per heavy atom. The summed E-state index contributed by atoms with van der Waals surface area (Å²) in [5.41, 5.74) is 9.19. The van der Waals surface area contributed by atoms with Crippen LogP contribution in [-0.2, 0) is 20.9 Å². The number of fused-ring (bicyclic) bond motifs is 1. The van der Waals surface area contributed by atoms with Gasteiger partial charge in [0, 0.05) is 18.5 Å². The van der Waals surface area contributed by atoms with E-state index >= 15 is 0 Å². The molecule has 43 heavy (non-hydrogen) atoms. The van der Waals surface area contributed by atoms with E-state index in [1.54, 1.807) is 4.57 Å². The maximum atomic E-state index is 11.9. The van der Waals surface area contributed by atoms with Gasteiger partial charge in [0.15, 0.2) is 6.23 Å². The molecule has 0 unspecified atom stereocenters. The number of amides is 2. The third-order valence-corrected chi connectivity index (χ3v) is 7.21. The van der Waals surface area contributed by atoms with Crippen LogP contribution in [0, 0.1) is 0 Å². The fourth-order valence-corrected chi connectivity index (χ4v) is 5.04. The molecular formula is C31H35N5O7. The summed E-state index contributed by atoms with van der Waals surface area (Å²) < 4.78 is 13.7. The molecule has 0 radical (unpaired) electrons. The monoisotopic (exact) mass is 589 g/mol. The molecule has 2 heterocycles. The molecule has 0 aliphatic carbocycles. The van der Waals surface area contributed by atoms with Gasteiger partial charge in [-0.15, -0.1) is 0 Å². The number of aliphatic hydroxyl groups excluding tert-OH is 3. The van der Waals surface area contributed by atoms with Crippen molar-refractivity contribution in [1.82, 2.24) is 14.9 Å². The Bertz CT molecular complexity index is 1560. The van der Waals surface area contributed by atoms with Gasteiger partial charge in [0.05, 0.1) is 30.8 Å². The summed E-state index contributed by atoms with van der Waals surface area (Å²) in [7, 11) is 0. The van der Waals surface area contributed by atoms with Crippen LogP contribution in [0.4, 0.5) is 5.95 Å². The third kappa shape index (κ3) is 6.95. The van der Waals surface area contributed by atoms with Crippen molar-refractivity contribution in [2.45, 2.75) is 43.9 Å². The SMILES string of the molecule is NC(=O)CNC(=O)CCCOc1cc(CNc2nc3ccccc3n2[C@@H]2O[C@H](CO)[C@@H](O)[C@H]2O)ccc1-c1ccccc1. The molecule has 7 N–H and O–H groups in total. The molecule has 5 rings (SSSR count). The van der Waals surface area contributed by atoms with Crippen molar-refractivity contribution >= 4 is 28.8 Å². The van der Waals surface area contributed by atoms with Crippen LogP contribution in [0.2, 0.25) is 0 Å². The van der Waals surface area contributed by atoms with Crippen LogP contribution in [-0.4, -0.2) is 74.8 Å². The smallest absolute Gasteiger partial charge is 0.236 e. The lowest BCUT2D eigenvalue weighted by atomic mass is 10.0. The fourth-order valence-electron chi connectivity index (χ4n) is 5.04. The Morgan fingerprint density at radius 3 is 2.53 bits per heavy atom. The molecular weight excluding hydrogens is 554 g/mol. The molecule has 0 bridgehead atoms. The van der Waals surface area contributed by atoms with Crippen LogP contribution in [0.1, 0.15) is 24.6 Å². The lowest BCUT2D eigenvalue weighted by molar-refractivity contribution is -0.124. The molecule has 12 heteroatoms. The Kier molecular flexibility index (Phi) is 9.52. The van der Waals surface area contributed by atoms with Gasteiger partial charge in [-0.1, -0.05) is 54.6 Å². The molecule has 1 fully saturated rings. The van der Waals surface area contributed by atoms with Crippen LogP contribution in [0.25, 0.3) is 22.2 Å². The number of hydrogen-bond donors (Lipinski definition) is 6. The number of carbonyl (C=O) groups excluding carboxylic acids is 2. The van der Waals surface area contributed by atoms with E-state index in [-0.39, 0.29) is 25.5 Å². The van der Waals surface area contributed by atoms with Crippen LogP contribution in [0.3, 0.4) is 0 Å². The molecule has 1 aromatic heterocycles. The first kappa shape index (κ1) is 30.0. The molecule has 4 atom stereocenters. The Labute approximate surface area is 248 Å². The highest BCUT2D eigenvalue weighted by Gasteiger charge is 2.44. The molecule has 4 aromatic rings. The zero-order valence-electron chi connectivity index (χ0n) is 23.4. The highest BCUT2D eigenvalue weighted by atomic mass is 16.6. The van der Waals surface area contributed by atoms with Crippen LogP contribution >= 0.6 is 0 Å². The van der Waals surface area contributed by atoms with Crippen molar-refractivity contribution in [3.8, 4) is 16.9 Å². The summed E-state index contributed by atoms with van der Waals surface area (Å²) >= 11 is 0. The molecule has 12 nitrogen and oxygen atoms in total. The second kappa shape index (κ2) is 13.7. The van der Waals surface area contributed by atoms with E-state index in [9.17, 15) is 24.9 Å². The van der Waals surface area contributed by atoms with Gasteiger partial charge in [-0.3, -0.25) is 14.2 Å². The average Bonchev–Trinajstić information content (AvgIpc) is 3.53. The number of rotatable bonds is 13. The van der Waals surface area contributed by atoms with Gasteiger partial charge in [-0.2, -0.15) is 0 Å². The number of nitrogens with two attached hydrogens (primary N) is 1. The van der Waals surface area contributed by atoms with Crippen molar-refractivity contribution in [3.05, 3.63) is 78.4 Å². The average molecular weight is 590 g/mol. The number of aliphatic hydroxyl groups is 3. The van der Waals surface area contributed by atoms with Crippen molar-refractivity contribution in [3.63, 3.8) is 0 Å². The number of aromatic nitrogens is 2. The number of benzene rings is 3. The number of nitrogens with zero attached hydrogens (tertiary/aromatic N) is 2. The molecule has 3 aromatic carbocycles. The highest BCUT2D eigenvalue weighted by molar-refractivity contribution is 5.83. The Balaban J connectivity index is 1.34. The standard InChI is InChI=1S/C31H35N5O7/c32-26(38)17-33-27(39)11-6-14-42-24-15-19(12-13-21(24)20-7-2-1-3-8-20)16-34-31-35-22-9-4-5-10-23(22)36(31)30-29(41)28(40)25(18-37)43-30/h1-5,7-10,12-13,15,25,28-30,37,40-41H,6,11,14,16-18H2,(H2,32,38)(H,33,39)(H,34,35)/t25-,28-,29-,30-/m1/s1. The number of para-hydroxylation sites is 2. The number of hydrogen-bond acceptors (Lipinski definition) is 9. The summed E-state index contributed by atoms with van der Waals surface area (Å²) in [6.07, 6.45) is -3.76. The van der Waals surface area contributed by atoms with E-state index in [0.29, 0.717) is 35.7 Å². The molecule has 0 spiro atoms. The lowest BCUT2D eigenvalue weighted by Crippen LogP contribution is -2.33. The van der Waals surface area contributed by atoms with E-state index in [4.69, 9.17) is 20.2 Å². The number of nitrogens with one attached hydrogen (secondary N) is 2.